The highest BCUT2D eigenvalue weighted by Crippen LogP contribution is 2.48. The van der Waals surface area contributed by atoms with E-state index in [1.807, 2.05) is 6.92 Å². The average molecular weight is 605 g/mol. The Bertz CT molecular complexity index is 770. The van der Waals surface area contributed by atoms with E-state index in [4.69, 9.17) is 9.47 Å². The number of carbonyl (C=O) groups is 1. The Hall–Kier alpha value is -0.910. The molecule has 3 aliphatic carbocycles. The molecule has 0 saturated heterocycles. The van der Waals surface area contributed by atoms with Crippen LogP contribution in [0.1, 0.15) is 143 Å². The van der Waals surface area contributed by atoms with Crippen LogP contribution < -0.4 is 0 Å². The molecule has 0 radical (unpaired) electrons. The topological polar surface area (TPSA) is 76.0 Å². The zero-order valence-electron chi connectivity index (χ0n) is 28.3. The molecule has 0 heterocycles. The fourth-order valence-corrected chi connectivity index (χ4v) is 8.92. The Morgan fingerprint density at radius 2 is 1.49 bits per heavy atom. The van der Waals surface area contributed by atoms with Crippen molar-refractivity contribution in [3.8, 4) is 0 Å². The van der Waals surface area contributed by atoms with Crippen LogP contribution in [-0.2, 0) is 14.3 Å². The Morgan fingerprint density at radius 3 is 2.14 bits per heavy atom. The number of ether oxygens (including phenoxy) is 2. The van der Waals surface area contributed by atoms with E-state index < -0.39 is 5.41 Å². The Labute approximate surface area is 265 Å². The van der Waals surface area contributed by atoms with Crippen molar-refractivity contribution in [1.82, 2.24) is 0 Å². The summed E-state index contributed by atoms with van der Waals surface area (Å²) >= 11 is 0. The SMILES string of the molecule is C=CC(=O)OCCC1CC(C2CCC(CCC3CCC(CCCCC)CC3)CC2CC)CCC1OCCC(C)(CO)CO. The molecule has 3 fully saturated rings. The summed E-state index contributed by atoms with van der Waals surface area (Å²) in [7, 11) is 0. The van der Waals surface area contributed by atoms with E-state index in [1.165, 1.54) is 102 Å². The zero-order chi connectivity index (χ0) is 31.1. The summed E-state index contributed by atoms with van der Waals surface area (Å²) in [4.78, 5) is 11.7. The number of hydrogen-bond acceptors (Lipinski definition) is 5. The van der Waals surface area contributed by atoms with E-state index >= 15 is 0 Å². The minimum absolute atomic E-state index is 0.0398. The Kier molecular flexibility index (Phi) is 16.6. The van der Waals surface area contributed by atoms with Crippen LogP contribution in [0.2, 0.25) is 0 Å². The van der Waals surface area contributed by atoms with Crippen molar-refractivity contribution < 1.29 is 24.5 Å². The first-order valence-corrected chi connectivity index (χ1v) is 18.5. The van der Waals surface area contributed by atoms with Gasteiger partial charge in [0.2, 0.25) is 0 Å². The van der Waals surface area contributed by atoms with Gasteiger partial charge in [0.05, 0.1) is 25.9 Å². The molecular weight excluding hydrogens is 536 g/mol. The molecule has 2 N–H and O–H groups in total. The first kappa shape index (κ1) is 36.6. The molecule has 6 unspecified atom stereocenters. The summed E-state index contributed by atoms with van der Waals surface area (Å²) in [6.07, 6.45) is 26.3. The first-order valence-electron chi connectivity index (χ1n) is 18.5. The number of hydrogen-bond donors (Lipinski definition) is 2. The van der Waals surface area contributed by atoms with E-state index in [9.17, 15) is 15.0 Å². The van der Waals surface area contributed by atoms with E-state index in [-0.39, 0.29) is 25.3 Å². The van der Waals surface area contributed by atoms with Crippen LogP contribution in [0.5, 0.6) is 0 Å². The number of esters is 1. The highest BCUT2D eigenvalue weighted by atomic mass is 16.5. The van der Waals surface area contributed by atoms with Crippen molar-refractivity contribution in [2.45, 2.75) is 149 Å². The predicted molar refractivity (Wildman–Crippen MR) is 177 cm³/mol. The number of rotatable bonds is 19. The van der Waals surface area contributed by atoms with E-state index in [0.717, 1.165) is 54.8 Å². The molecule has 0 aromatic heterocycles. The van der Waals surface area contributed by atoms with Crippen molar-refractivity contribution in [2.24, 2.45) is 46.8 Å². The predicted octanol–water partition coefficient (Wildman–Crippen LogP) is 8.90. The highest BCUT2D eigenvalue weighted by Gasteiger charge is 2.40. The summed E-state index contributed by atoms with van der Waals surface area (Å²) < 4.78 is 11.8. The number of unbranched alkanes of at least 4 members (excludes halogenated alkanes) is 2. The summed E-state index contributed by atoms with van der Waals surface area (Å²) in [5, 5.41) is 19.4. The largest absolute Gasteiger partial charge is 0.463 e. The summed E-state index contributed by atoms with van der Waals surface area (Å²) in [5.41, 5.74) is -0.507. The second-order valence-corrected chi connectivity index (χ2v) is 15.3. The average Bonchev–Trinajstić information content (AvgIpc) is 3.04. The summed E-state index contributed by atoms with van der Waals surface area (Å²) in [5.74, 6) is 5.32. The van der Waals surface area contributed by atoms with Crippen molar-refractivity contribution in [2.75, 3.05) is 26.4 Å². The van der Waals surface area contributed by atoms with E-state index in [1.54, 1.807) is 0 Å². The lowest BCUT2D eigenvalue weighted by Crippen LogP contribution is -2.39. The minimum Gasteiger partial charge on any atom is -0.463 e. The van der Waals surface area contributed by atoms with Gasteiger partial charge in [-0.15, -0.1) is 0 Å². The lowest BCUT2D eigenvalue weighted by atomic mass is 9.62. The quantitative estimate of drug-likeness (QED) is 0.0875. The molecule has 0 spiro atoms. The lowest BCUT2D eigenvalue weighted by Gasteiger charge is -2.45. The molecule has 0 aromatic rings. The van der Waals surface area contributed by atoms with Crippen LogP contribution in [-0.4, -0.2) is 48.7 Å². The molecule has 0 amide bonds. The number of aliphatic hydroxyl groups is 2. The molecule has 3 rings (SSSR count). The maximum atomic E-state index is 11.7. The van der Waals surface area contributed by atoms with Crippen molar-refractivity contribution in [1.29, 1.82) is 0 Å². The fraction of sp³-hybridized carbons (Fsp3) is 0.921. The van der Waals surface area contributed by atoms with Gasteiger partial charge in [-0.3, -0.25) is 0 Å². The molecule has 3 saturated carbocycles. The van der Waals surface area contributed by atoms with Crippen molar-refractivity contribution in [3.63, 3.8) is 0 Å². The molecule has 6 atom stereocenters. The highest BCUT2D eigenvalue weighted by molar-refractivity contribution is 5.81. The summed E-state index contributed by atoms with van der Waals surface area (Å²) in [6, 6.07) is 0. The minimum atomic E-state index is -0.507. The third-order valence-electron chi connectivity index (χ3n) is 12.1. The maximum Gasteiger partial charge on any atom is 0.330 e. The van der Waals surface area contributed by atoms with Gasteiger partial charge in [-0.25, -0.2) is 4.79 Å². The van der Waals surface area contributed by atoms with E-state index in [0.29, 0.717) is 25.6 Å². The monoisotopic (exact) mass is 605 g/mol. The second kappa shape index (κ2) is 19.6. The van der Waals surface area contributed by atoms with Gasteiger partial charge in [0.15, 0.2) is 0 Å². The third kappa shape index (κ3) is 12.1. The Balaban J connectivity index is 1.47. The van der Waals surface area contributed by atoms with Gasteiger partial charge in [0.1, 0.15) is 0 Å². The van der Waals surface area contributed by atoms with Gasteiger partial charge in [0, 0.05) is 18.1 Å². The molecule has 5 nitrogen and oxygen atoms in total. The molecule has 3 aliphatic rings. The van der Waals surface area contributed by atoms with Gasteiger partial charge >= 0.3 is 5.97 Å². The van der Waals surface area contributed by atoms with Crippen molar-refractivity contribution in [3.05, 3.63) is 12.7 Å². The number of aliphatic hydroxyl groups excluding tert-OH is 2. The fourth-order valence-electron chi connectivity index (χ4n) is 8.92. The van der Waals surface area contributed by atoms with Gasteiger partial charge in [-0.05, 0) is 86.4 Å². The van der Waals surface area contributed by atoms with Crippen LogP contribution in [0.25, 0.3) is 0 Å². The molecule has 43 heavy (non-hydrogen) atoms. The molecule has 0 aliphatic heterocycles. The molecule has 0 bridgehead atoms. The van der Waals surface area contributed by atoms with Gasteiger partial charge in [-0.1, -0.05) is 104 Å². The standard InChI is InChI=1S/C38H68O5/c1-5-8-9-10-29-11-13-30(14-12-29)15-16-31-17-19-35(32(6-2)25-31)33-18-20-36(42-24-22-38(4,27-39)28-40)34(26-33)21-23-43-37(41)7-3/h7,29-36,39-40H,3,5-6,8-28H2,1-2,4H3. The van der Waals surface area contributed by atoms with Crippen LogP contribution in [0.15, 0.2) is 12.7 Å². The normalized spacial score (nSPS) is 31.9. The zero-order valence-corrected chi connectivity index (χ0v) is 28.3. The van der Waals surface area contributed by atoms with E-state index in [2.05, 4.69) is 20.4 Å². The third-order valence-corrected chi connectivity index (χ3v) is 12.1. The lowest BCUT2D eigenvalue weighted by molar-refractivity contribution is -0.139. The second-order valence-electron chi connectivity index (χ2n) is 15.3. The van der Waals surface area contributed by atoms with Crippen LogP contribution in [0, 0.1) is 46.8 Å². The van der Waals surface area contributed by atoms with Gasteiger partial charge in [0.25, 0.3) is 0 Å². The van der Waals surface area contributed by atoms with Crippen LogP contribution >= 0.6 is 0 Å². The van der Waals surface area contributed by atoms with Gasteiger partial charge in [-0.2, -0.15) is 0 Å². The first-order chi connectivity index (χ1) is 20.8. The smallest absolute Gasteiger partial charge is 0.330 e. The van der Waals surface area contributed by atoms with Crippen LogP contribution in [0.3, 0.4) is 0 Å². The van der Waals surface area contributed by atoms with Crippen molar-refractivity contribution >= 4 is 5.97 Å². The molecule has 0 aromatic carbocycles. The number of carbonyl (C=O) groups excluding carboxylic acids is 1. The molecular formula is C38H68O5. The summed E-state index contributed by atoms with van der Waals surface area (Å²) in [6.45, 7) is 11.0. The van der Waals surface area contributed by atoms with Crippen LogP contribution in [0.4, 0.5) is 0 Å². The Morgan fingerprint density at radius 1 is 0.814 bits per heavy atom. The molecule has 5 heteroatoms. The van der Waals surface area contributed by atoms with Gasteiger partial charge < -0.3 is 19.7 Å². The maximum absolute atomic E-state index is 11.7. The molecule has 250 valence electrons.